The van der Waals surface area contributed by atoms with Gasteiger partial charge in [0.05, 0.1) is 6.61 Å². The lowest BCUT2D eigenvalue weighted by Gasteiger charge is -2.22. The number of hydrogen-bond donors (Lipinski definition) is 5. The highest BCUT2D eigenvalue weighted by Gasteiger charge is 2.17. The summed E-state index contributed by atoms with van der Waals surface area (Å²) < 4.78 is 0. The maximum absolute atomic E-state index is 9.98. The summed E-state index contributed by atoms with van der Waals surface area (Å²) in [6, 6.07) is 12.3. The molecule has 0 aliphatic carbocycles. The molecule has 0 radical (unpaired) electrons. The molecule has 3 aromatic rings. The smallest absolute Gasteiger partial charge is 0.124 e. The molecular weight excluding hydrogens is 304 g/mol. The summed E-state index contributed by atoms with van der Waals surface area (Å²) >= 11 is 0. The van der Waals surface area contributed by atoms with Crippen LogP contribution in [0.3, 0.4) is 0 Å². The second kappa shape index (κ2) is 6.95. The molecular formula is C19H22N2O3. The van der Waals surface area contributed by atoms with Crippen molar-refractivity contribution in [2.45, 2.75) is 25.4 Å². The maximum Gasteiger partial charge on any atom is 0.124 e. The van der Waals surface area contributed by atoms with Gasteiger partial charge in [0.2, 0.25) is 0 Å². The van der Waals surface area contributed by atoms with Crippen LogP contribution in [0.5, 0.6) is 11.5 Å². The molecule has 0 spiro atoms. The van der Waals surface area contributed by atoms with Gasteiger partial charge in [0.15, 0.2) is 0 Å². The molecule has 1 heterocycles. The summed E-state index contributed by atoms with van der Waals surface area (Å²) in [7, 11) is 0. The average Bonchev–Trinajstić information content (AvgIpc) is 2.97. The van der Waals surface area contributed by atoms with E-state index in [4.69, 9.17) is 0 Å². The highest BCUT2D eigenvalue weighted by atomic mass is 16.3. The van der Waals surface area contributed by atoms with Crippen LogP contribution < -0.4 is 5.32 Å². The number of nitrogens with one attached hydrogen (secondary N) is 2. The molecule has 2 atom stereocenters. The van der Waals surface area contributed by atoms with Crippen LogP contribution in [0, 0.1) is 0 Å². The fraction of sp³-hybridized carbons (Fsp3) is 0.263. The van der Waals surface area contributed by atoms with Gasteiger partial charge in [-0.3, -0.25) is 0 Å². The van der Waals surface area contributed by atoms with Crippen LogP contribution in [0.25, 0.3) is 10.9 Å². The van der Waals surface area contributed by atoms with E-state index in [2.05, 4.69) is 16.4 Å². The monoisotopic (exact) mass is 326 g/mol. The number of aromatic amines is 1. The van der Waals surface area contributed by atoms with Gasteiger partial charge in [0, 0.05) is 40.8 Å². The van der Waals surface area contributed by atoms with Gasteiger partial charge in [-0.1, -0.05) is 24.3 Å². The first-order chi connectivity index (χ1) is 11.6. The molecule has 3 rings (SSSR count). The van der Waals surface area contributed by atoms with Crippen molar-refractivity contribution in [3.05, 3.63) is 59.8 Å². The van der Waals surface area contributed by atoms with Crippen LogP contribution in [0.2, 0.25) is 0 Å². The standard InChI is InChI=1S/C19H22N2O3/c1-12(16-7-6-15(23)9-19(16)24)21-14(11-22)8-13-10-20-18-5-3-2-4-17(13)18/h2-7,9-10,12,14,20-24H,8,11H2,1H3. The third kappa shape index (κ3) is 3.37. The van der Waals surface area contributed by atoms with E-state index < -0.39 is 0 Å². The van der Waals surface area contributed by atoms with E-state index in [1.54, 1.807) is 12.1 Å². The Hall–Kier alpha value is -2.50. The Balaban J connectivity index is 1.74. The van der Waals surface area contributed by atoms with Gasteiger partial charge in [-0.05, 0) is 31.0 Å². The zero-order valence-corrected chi connectivity index (χ0v) is 13.5. The molecule has 1 aromatic heterocycles. The van der Waals surface area contributed by atoms with E-state index in [1.807, 2.05) is 31.3 Å². The predicted molar refractivity (Wildman–Crippen MR) is 94.2 cm³/mol. The van der Waals surface area contributed by atoms with Gasteiger partial charge in [-0.15, -0.1) is 0 Å². The Morgan fingerprint density at radius 1 is 1.12 bits per heavy atom. The Labute approximate surface area is 140 Å². The van der Waals surface area contributed by atoms with Gasteiger partial charge >= 0.3 is 0 Å². The molecule has 5 heteroatoms. The Morgan fingerprint density at radius 2 is 1.92 bits per heavy atom. The van der Waals surface area contributed by atoms with Crippen LogP contribution in [0.15, 0.2) is 48.7 Å². The zero-order chi connectivity index (χ0) is 17.1. The van der Waals surface area contributed by atoms with Gasteiger partial charge < -0.3 is 25.6 Å². The van der Waals surface area contributed by atoms with Crippen LogP contribution in [0.4, 0.5) is 0 Å². The Kier molecular flexibility index (Phi) is 4.74. The fourth-order valence-corrected chi connectivity index (χ4v) is 3.08. The van der Waals surface area contributed by atoms with Gasteiger partial charge in [-0.25, -0.2) is 0 Å². The number of aromatic nitrogens is 1. The lowest BCUT2D eigenvalue weighted by Crippen LogP contribution is -2.36. The lowest BCUT2D eigenvalue weighted by molar-refractivity contribution is 0.232. The predicted octanol–water partition coefficient (Wildman–Crippen LogP) is 2.83. The number of fused-ring (bicyclic) bond motifs is 1. The zero-order valence-electron chi connectivity index (χ0n) is 13.5. The van der Waals surface area contributed by atoms with Gasteiger partial charge in [0.1, 0.15) is 11.5 Å². The van der Waals surface area contributed by atoms with E-state index >= 15 is 0 Å². The summed E-state index contributed by atoms with van der Waals surface area (Å²) in [5.74, 6) is 0.0692. The Bertz CT molecular complexity index is 828. The first kappa shape index (κ1) is 16.4. The first-order valence-corrected chi connectivity index (χ1v) is 8.02. The normalized spacial score (nSPS) is 13.9. The molecule has 0 bridgehead atoms. The van der Waals surface area contributed by atoms with E-state index in [0.29, 0.717) is 12.0 Å². The second-order valence-corrected chi connectivity index (χ2v) is 6.07. The number of benzene rings is 2. The third-order valence-electron chi connectivity index (χ3n) is 4.33. The van der Waals surface area contributed by atoms with Crippen molar-refractivity contribution in [1.82, 2.24) is 10.3 Å². The minimum absolute atomic E-state index is 0.0112. The lowest BCUT2D eigenvalue weighted by atomic mass is 10.0. The SMILES string of the molecule is CC(NC(CO)Cc1c[nH]c2ccccc12)c1ccc(O)cc1O. The highest BCUT2D eigenvalue weighted by molar-refractivity contribution is 5.83. The summed E-state index contributed by atoms with van der Waals surface area (Å²) in [6.07, 6.45) is 2.64. The number of para-hydroxylation sites is 1. The number of phenolic OH excluding ortho intramolecular Hbond substituents is 2. The first-order valence-electron chi connectivity index (χ1n) is 8.02. The molecule has 5 N–H and O–H groups in total. The third-order valence-corrected chi connectivity index (χ3v) is 4.33. The highest BCUT2D eigenvalue weighted by Crippen LogP contribution is 2.28. The summed E-state index contributed by atoms with van der Waals surface area (Å²) in [4.78, 5) is 3.24. The van der Waals surface area contributed by atoms with Crippen molar-refractivity contribution >= 4 is 10.9 Å². The quantitative estimate of drug-likeness (QED) is 0.482. The number of H-pyrrole nitrogens is 1. The van der Waals surface area contributed by atoms with Crippen molar-refractivity contribution in [3.8, 4) is 11.5 Å². The van der Waals surface area contributed by atoms with Crippen LogP contribution >= 0.6 is 0 Å². The topological polar surface area (TPSA) is 88.5 Å². The van der Waals surface area contributed by atoms with Crippen molar-refractivity contribution in [2.75, 3.05) is 6.61 Å². The molecule has 5 nitrogen and oxygen atoms in total. The van der Waals surface area contributed by atoms with Crippen molar-refractivity contribution in [2.24, 2.45) is 0 Å². The number of aliphatic hydroxyl groups excluding tert-OH is 1. The van der Waals surface area contributed by atoms with Gasteiger partial charge in [0.25, 0.3) is 0 Å². The number of aromatic hydroxyl groups is 2. The summed E-state index contributed by atoms with van der Waals surface area (Å²) in [5, 5.41) is 33.6. The number of phenols is 2. The molecule has 0 aliphatic rings. The minimum atomic E-state index is -0.159. The van der Waals surface area contributed by atoms with Crippen LogP contribution in [0.1, 0.15) is 24.1 Å². The number of hydrogen-bond acceptors (Lipinski definition) is 4. The molecule has 2 unspecified atom stereocenters. The fourth-order valence-electron chi connectivity index (χ4n) is 3.08. The van der Waals surface area contributed by atoms with Gasteiger partial charge in [-0.2, -0.15) is 0 Å². The Morgan fingerprint density at radius 3 is 2.67 bits per heavy atom. The average molecular weight is 326 g/mol. The van der Waals surface area contributed by atoms with Crippen molar-refractivity contribution < 1.29 is 15.3 Å². The molecule has 126 valence electrons. The molecule has 0 aliphatic heterocycles. The maximum atomic E-state index is 9.98. The van der Waals surface area contributed by atoms with E-state index in [9.17, 15) is 15.3 Å². The molecule has 0 fully saturated rings. The molecule has 2 aromatic carbocycles. The van der Waals surface area contributed by atoms with E-state index in [1.165, 1.54) is 6.07 Å². The van der Waals surface area contributed by atoms with Crippen molar-refractivity contribution in [3.63, 3.8) is 0 Å². The van der Waals surface area contributed by atoms with E-state index in [-0.39, 0.29) is 30.2 Å². The van der Waals surface area contributed by atoms with Crippen molar-refractivity contribution in [1.29, 1.82) is 0 Å². The van der Waals surface area contributed by atoms with E-state index in [0.717, 1.165) is 16.5 Å². The molecule has 24 heavy (non-hydrogen) atoms. The largest absolute Gasteiger partial charge is 0.508 e. The summed E-state index contributed by atoms with van der Waals surface area (Å²) in [6.45, 7) is 1.91. The number of rotatable bonds is 6. The second-order valence-electron chi connectivity index (χ2n) is 6.07. The number of aliphatic hydroxyl groups is 1. The minimum Gasteiger partial charge on any atom is -0.508 e. The molecule has 0 saturated carbocycles. The molecule has 0 saturated heterocycles. The summed E-state index contributed by atoms with van der Waals surface area (Å²) in [5.41, 5.74) is 2.90. The molecule has 0 amide bonds. The van der Waals surface area contributed by atoms with Crippen LogP contribution in [-0.2, 0) is 6.42 Å². The van der Waals surface area contributed by atoms with Crippen LogP contribution in [-0.4, -0.2) is 33.0 Å².